The molecule has 2 saturated heterocycles. The molecule has 1 amide bonds. The summed E-state index contributed by atoms with van der Waals surface area (Å²) in [5.41, 5.74) is 6.89. The summed E-state index contributed by atoms with van der Waals surface area (Å²) in [6.45, 7) is 6.97. The van der Waals surface area contributed by atoms with E-state index < -0.39 is 0 Å². The number of nitrogens with zero attached hydrogens (tertiary/aromatic N) is 3. The monoisotopic (exact) mass is 470 g/mol. The molecule has 34 heavy (non-hydrogen) atoms. The molecular formula is C26H38N4O4. The SMILES string of the molecule is COCO[C@H]1CCN(C[C@H](c2ccccc2)N(C)N2CCOCC2)C1.NC(=O)c1ccccc1. The Morgan fingerprint density at radius 2 is 1.74 bits per heavy atom. The second-order valence-electron chi connectivity index (χ2n) is 8.54. The van der Waals surface area contributed by atoms with Gasteiger partial charge in [0.2, 0.25) is 5.91 Å². The topological polar surface area (TPSA) is 80.5 Å². The van der Waals surface area contributed by atoms with Crippen molar-refractivity contribution in [1.82, 2.24) is 14.9 Å². The Morgan fingerprint density at radius 3 is 2.32 bits per heavy atom. The lowest BCUT2D eigenvalue weighted by molar-refractivity contribution is -0.104. The van der Waals surface area contributed by atoms with Gasteiger partial charge in [-0.2, -0.15) is 0 Å². The first-order valence-electron chi connectivity index (χ1n) is 11.9. The zero-order valence-electron chi connectivity index (χ0n) is 20.3. The van der Waals surface area contributed by atoms with Crippen LogP contribution in [0, 0.1) is 0 Å². The molecule has 2 heterocycles. The molecule has 2 atom stereocenters. The van der Waals surface area contributed by atoms with E-state index in [1.807, 2.05) is 6.07 Å². The Hall–Kier alpha value is -2.33. The first-order chi connectivity index (χ1) is 16.6. The van der Waals surface area contributed by atoms with Crippen molar-refractivity contribution in [2.45, 2.75) is 18.6 Å². The van der Waals surface area contributed by atoms with Gasteiger partial charge in [-0.05, 0) is 24.1 Å². The minimum atomic E-state index is -0.379. The molecule has 2 aromatic rings. The summed E-state index contributed by atoms with van der Waals surface area (Å²) in [5.74, 6) is -0.379. The summed E-state index contributed by atoms with van der Waals surface area (Å²) in [6, 6.07) is 19.9. The number of primary amides is 1. The number of hydrogen-bond acceptors (Lipinski definition) is 7. The predicted octanol–water partition coefficient (Wildman–Crippen LogP) is 2.39. The summed E-state index contributed by atoms with van der Waals surface area (Å²) in [5, 5.41) is 4.82. The van der Waals surface area contributed by atoms with Gasteiger partial charge in [0.15, 0.2) is 0 Å². The number of methoxy groups -OCH3 is 1. The minimum Gasteiger partial charge on any atom is -0.379 e. The number of ether oxygens (including phenoxy) is 3. The smallest absolute Gasteiger partial charge is 0.248 e. The number of benzene rings is 2. The van der Waals surface area contributed by atoms with Crippen molar-refractivity contribution in [3.8, 4) is 0 Å². The Kier molecular flexibility index (Phi) is 10.9. The number of morpholine rings is 1. The maximum absolute atomic E-state index is 10.4. The highest BCUT2D eigenvalue weighted by Crippen LogP contribution is 2.25. The molecule has 8 nitrogen and oxygen atoms in total. The van der Waals surface area contributed by atoms with Crippen molar-refractivity contribution in [1.29, 1.82) is 0 Å². The number of hydrogen-bond donors (Lipinski definition) is 1. The molecule has 0 unspecified atom stereocenters. The maximum atomic E-state index is 10.4. The third kappa shape index (κ3) is 8.16. The molecule has 186 valence electrons. The van der Waals surface area contributed by atoms with Crippen LogP contribution in [0.1, 0.15) is 28.4 Å². The fourth-order valence-corrected chi connectivity index (χ4v) is 4.29. The van der Waals surface area contributed by atoms with Crippen molar-refractivity contribution in [3.05, 3.63) is 71.8 Å². The van der Waals surface area contributed by atoms with E-state index in [2.05, 4.69) is 52.3 Å². The highest BCUT2D eigenvalue weighted by atomic mass is 16.7. The standard InChI is InChI=1S/C19H31N3O3.C7H7NO/c1-20(22-10-12-24-13-11-22)19(17-6-4-3-5-7-17)15-21-9-8-18(14-21)25-16-23-2;8-7(9)6-4-2-1-3-5-6/h3-7,18-19H,8-16H2,1-2H3;1-5H,(H2,8,9)/t18-,19+;/m0./s1. The van der Waals surface area contributed by atoms with Gasteiger partial charge >= 0.3 is 0 Å². The Bertz CT molecular complexity index is 833. The summed E-state index contributed by atoms with van der Waals surface area (Å²) in [4.78, 5) is 12.9. The van der Waals surface area contributed by atoms with E-state index in [9.17, 15) is 4.79 Å². The van der Waals surface area contributed by atoms with Crippen LogP contribution in [0.25, 0.3) is 0 Å². The molecule has 2 fully saturated rings. The van der Waals surface area contributed by atoms with Gasteiger partial charge in [-0.25, -0.2) is 10.0 Å². The van der Waals surface area contributed by atoms with Gasteiger partial charge < -0.3 is 19.9 Å². The molecule has 0 saturated carbocycles. The second kappa shape index (κ2) is 14.2. The number of likely N-dealkylation sites (N-methyl/N-ethyl adjacent to an activating group) is 1. The van der Waals surface area contributed by atoms with Gasteiger partial charge in [-0.1, -0.05) is 48.5 Å². The molecule has 0 bridgehead atoms. The summed E-state index contributed by atoms with van der Waals surface area (Å²) >= 11 is 0. The van der Waals surface area contributed by atoms with Crippen LogP contribution in [0.2, 0.25) is 0 Å². The quantitative estimate of drug-likeness (QED) is 0.564. The van der Waals surface area contributed by atoms with Crippen LogP contribution in [-0.2, 0) is 14.2 Å². The lowest BCUT2D eigenvalue weighted by atomic mass is 10.1. The lowest BCUT2D eigenvalue weighted by Crippen LogP contribution is -2.50. The van der Waals surface area contributed by atoms with E-state index in [0.29, 0.717) is 18.4 Å². The van der Waals surface area contributed by atoms with Crippen molar-refractivity contribution in [2.75, 3.05) is 66.9 Å². The van der Waals surface area contributed by atoms with Crippen LogP contribution in [0.3, 0.4) is 0 Å². The molecule has 2 aliphatic rings. The van der Waals surface area contributed by atoms with E-state index in [0.717, 1.165) is 52.4 Å². The van der Waals surface area contributed by atoms with E-state index in [-0.39, 0.29) is 12.0 Å². The largest absolute Gasteiger partial charge is 0.379 e. The van der Waals surface area contributed by atoms with Crippen LogP contribution in [0.15, 0.2) is 60.7 Å². The number of amides is 1. The third-order valence-corrected chi connectivity index (χ3v) is 6.21. The number of carbonyl (C=O) groups excluding carboxylic acids is 1. The normalized spacial score (nSPS) is 20.0. The highest BCUT2D eigenvalue weighted by molar-refractivity contribution is 5.92. The number of nitrogens with two attached hydrogens (primary N) is 1. The minimum absolute atomic E-state index is 0.282. The van der Waals surface area contributed by atoms with Crippen LogP contribution in [0.4, 0.5) is 0 Å². The van der Waals surface area contributed by atoms with Crippen LogP contribution >= 0.6 is 0 Å². The van der Waals surface area contributed by atoms with Gasteiger partial charge in [0, 0.05) is 52.4 Å². The van der Waals surface area contributed by atoms with Gasteiger partial charge in [-0.15, -0.1) is 0 Å². The first kappa shape index (κ1) is 26.3. The van der Waals surface area contributed by atoms with Gasteiger partial charge in [-0.3, -0.25) is 9.69 Å². The van der Waals surface area contributed by atoms with Crippen molar-refractivity contribution >= 4 is 5.91 Å². The Labute approximate surface area is 203 Å². The molecule has 0 radical (unpaired) electrons. The lowest BCUT2D eigenvalue weighted by Gasteiger charge is -2.41. The molecule has 8 heteroatoms. The molecule has 0 aromatic heterocycles. The molecular weight excluding hydrogens is 432 g/mol. The Balaban J connectivity index is 0.000000302. The predicted molar refractivity (Wildman–Crippen MR) is 132 cm³/mol. The molecule has 2 aliphatic heterocycles. The van der Waals surface area contributed by atoms with E-state index >= 15 is 0 Å². The van der Waals surface area contributed by atoms with Crippen molar-refractivity contribution in [2.24, 2.45) is 5.73 Å². The van der Waals surface area contributed by atoms with E-state index in [1.54, 1.807) is 31.4 Å². The highest BCUT2D eigenvalue weighted by Gasteiger charge is 2.30. The zero-order chi connectivity index (χ0) is 24.2. The zero-order valence-corrected chi connectivity index (χ0v) is 20.3. The molecule has 0 spiro atoms. The average Bonchev–Trinajstić information content (AvgIpc) is 3.35. The average molecular weight is 471 g/mol. The number of rotatable bonds is 9. The fourth-order valence-electron chi connectivity index (χ4n) is 4.29. The van der Waals surface area contributed by atoms with Gasteiger partial charge in [0.1, 0.15) is 6.79 Å². The van der Waals surface area contributed by atoms with Crippen LogP contribution in [-0.4, -0.2) is 93.8 Å². The number of likely N-dealkylation sites (tertiary alicyclic amines) is 1. The molecule has 2 aromatic carbocycles. The maximum Gasteiger partial charge on any atom is 0.248 e. The van der Waals surface area contributed by atoms with E-state index in [1.165, 1.54) is 5.56 Å². The first-order valence-corrected chi connectivity index (χ1v) is 11.9. The number of hydrazine groups is 1. The number of carbonyl (C=O) groups is 1. The molecule has 4 rings (SSSR count). The van der Waals surface area contributed by atoms with Crippen molar-refractivity contribution in [3.63, 3.8) is 0 Å². The third-order valence-electron chi connectivity index (χ3n) is 6.21. The van der Waals surface area contributed by atoms with Crippen LogP contribution in [0.5, 0.6) is 0 Å². The fraction of sp³-hybridized carbons (Fsp3) is 0.500. The molecule has 0 aliphatic carbocycles. The van der Waals surface area contributed by atoms with E-state index in [4.69, 9.17) is 19.9 Å². The van der Waals surface area contributed by atoms with Gasteiger partial charge in [0.25, 0.3) is 0 Å². The van der Waals surface area contributed by atoms with Crippen molar-refractivity contribution < 1.29 is 19.0 Å². The second-order valence-corrected chi connectivity index (χ2v) is 8.54. The summed E-state index contributed by atoms with van der Waals surface area (Å²) in [6.07, 6.45) is 1.36. The molecule has 2 N–H and O–H groups in total. The van der Waals surface area contributed by atoms with Crippen LogP contribution < -0.4 is 5.73 Å². The summed E-state index contributed by atoms with van der Waals surface area (Å²) in [7, 11) is 3.88. The Morgan fingerprint density at radius 1 is 1.09 bits per heavy atom. The summed E-state index contributed by atoms with van der Waals surface area (Å²) < 4.78 is 16.3. The van der Waals surface area contributed by atoms with Gasteiger partial charge in [0.05, 0.1) is 25.4 Å².